The summed E-state index contributed by atoms with van der Waals surface area (Å²) in [6.07, 6.45) is 6.52. The van der Waals surface area contributed by atoms with E-state index in [1.807, 2.05) is 6.92 Å². The minimum Gasteiger partial charge on any atom is -0.367 e. The van der Waals surface area contributed by atoms with Crippen molar-refractivity contribution in [3.63, 3.8) is 0 Å². The highest BCUT2D eigenvalue weighted by molar-refractivity contribution is 7.20. The zero-order chi connectivity index (χ0) is 15.0. The van der Waals surface area contributed by atoms with Gasteiger partial charge >= 0.3 is 0 Å². The lowest BCUT2D eigenvalue weighted by atomic mass is 10.1. The molecule has 0 spiro atoms. The molecule has 2 heterocycles. The normalized spacial score (nSPS) is 15.6. The number of hydrogen-bond donors (Lipinski definition) is 1. The molecular weight excluding hydrogens is 284 g/mol. The first kappa shape index (κ1) is 14.3. The van der Waals surface area contributed by atoms with Crippen molar-refractivity contribution in [3.8, 4) is 0 Å². The highest BCUT2D eigenvalue weighted by atomic mass is 32.1. The molecule has 0 atom stereocenters. The number of rotatable bonds is 3. The van der Waals surface area contributed by atoms with Crippen LogP contribution in [0, 0.1) is 6.92 Å². The van der Waals surface area contributed by atoms with Crippen LogP contribution < -0.4 is 5.32 Å². The largest absolute Gasteiger partial charge is 0.367 e. The highest BCUT2D eigenvalue weighted by Gasteiger charge is 2.22. The van der Waals surface area contributed by atoms with Crippen molar-refractivity contribution in [2.75, 3.05) is 19.4 Å². The third kappa shape index (κ3) is 2.60. The van der Waals surface area contributed by atoms with Crippen LogP contribution in [0.2, 0.25) is 0 Å². The van der Waals surface area contributed by atoms with Crippen molar-refractivity contribution < 1.29 is 4.79 Å². The average molecular weight is 304 g/mol. The zero-order valence-electron chi connectivity index (χ0n) is 12.6. The number of nitrogens with one attached hydrogen (secondary N) is 1. The molecule has 3 rings (SSSR count). The van der Waals surface area contributed by atoms with E-state index in [0.29, 0.717) is 6.04 Å². The summed E-state index contributed by atoms with van der Waals surface area (Å²) in [6.45, 7) is 1.98. The Kier molecular flexibility index (Phi) is 3.80. The van der Waals surface area contributed by atoms with Crippen molar-refractivity contribution in [3.05, 3.63) is 16.8 Å². The van der Waals surface area contributed by atoms with Crippen LogP contribution in [0.15, 0.2) is 6.33 Å². The van der Waals surface area contributed by atoms with Crippen molar-refractivity contribution in [2.45, 2.75) is 38.6 Å². The van der Waals surface area contributed by atoms with Gasteiger partial charge in [0.05, 0.1) is 10.3 Å². The van der Waals surface area contributed by atoms with Crippen molar-refractivity contribution >= 4 is 33.3 Å². The van der Waals surface area contributed by atoms with E-state index in [1.165, 1.54) is 37.0 Å². The van der Waals surface area contributed by atoms with Gasteiger partial charge in [-0.3, -0.25) is 4.79 Å². The maximum absolute atomic E-state index is 12.3. The van der Waals surface area contributed by atoms with Crippen LogP contribution in [0.3, 0.4) is 0 Å². The van der Waals surface area contributed by atoms with Gasteiger partial charge in [0.15, 0.2) is 0 Å². The molecular formula is C15H20N4OS. The fourth-order valence-electron chi connectivity index (χ4n) is 2.85. The number of carbonyl (C=O) groups excluding carboxylic acids is 1. The molecule has 2 aromatic heterocycles. The van der Waals surface area contributed by atoms with E-state index < -0.39 is 0 Å². The molecule has 2 aromatic rings. The highest BCUT2D eigenvalue weighted by Crippen LogP contribution is 2.35. The molecule has 21 heavy (non-hydrogen) atoms. The summed E-state index contributed by atoms with van der Waals surface area (Å²) in [6, 6.07) is 0.496. The molecule has 0 bridgehead atoms. The standard InChI is InChI=1S/C15H20N4OS/c1-9-11-13(18-10-6-4-5-7-10)16-8-17-14(11)21-12(9)15(20)19(2)3/h8,10H,4-7H2,1-3H3,(H,16,17,18). The van der Waals surface area contributed by atoms with E-state index in [0.717, 1.165) is 26.5 Å². The van der Waals surface area contributed by atoms with Gasteiger partial charge in [-0.05, 0) is 25.3 Å². The van der Waals surface area contributed by atoms with E-state index in [9.17, 15) is 4.79 Å². The van der Waals surface area contributed by atoms with Gasteiger partial charge in [0.1, 0.15) is 17.0 Å². The zero-order valence-corrected chi connectivity index (χ0v) is 13.5. The molecule has 1 fully saturated rings. The summed E-state index contributed by atoms with van der Waals surface area (Å²) >= 11 is 1.45. The predicted molar refractivity (Wildman–Crippen MR) is 86.0 cm³/mol. The van der Waals surface area contributed by atoms with Gasteiger partial charge in [-0.15, -0.1) is 11.3 Å². The summed E-state index contributed by atoms with van der Waals surface area (Å²) in [4.78, 5) is 24.2. The quantitative estimate of drug-likeness (QED) is 0.947. The molecule has 0 aromatic carbocycles. The summed E-state index contributed by atoms with van der Waals surface area (Å²) in [7, 11) is 3.55. The summed E-state index contributed by atoms with van der Waals surface area (Å²) in [5.41, 5.74) is 0.981. The first-order chi connectivity index (χ1) is 10.1. The van der Waals surface area contributed by atoms with Crippen LogP contribution in [0.25, 0.3) is 10.2 Å². The SMILES string of the molecule is Cc1c(C(=O)N(C)C)sc2ncnc(NC3CCCC3)c12. The summed E-state index contributed by atoms with van der Waals surface area (Å²) in [5.74, 6) is 0.903. The number of amides is 1. The van der Waals surface area contributed by atoms with Gasteiger partial charge in [0.2, 0.25) is 0 Å². The molecule has 0 unspecified atom stereocenters. The molecule has 0 aliphatic heterocycles. The molecule has 5 nitrogen and oxygen atoms in total. The van der Waals surface area contributed by atoms with E-state index in [4.69, 9.17) is 0 Å². The fraction of sp³-hybridized carbons (Fsp3) is 0.533. The van der Waals surface area contributed by atoms with Crippen LogP contribution in [0.5, 0.6) is 0 Å². The van der Waals surface area contributed by atoms with Crippen LogP contribution in [0.4, 0.5) is 5.82 Å². The number of fused-ring (bicyclic) bond motifs is 1. The smallest absolute Gasteiger partial charge is 0.263 e. The Bertz CT molecular complexity index is 674. The van der Waals surface area contributed by atoms with Crippen molar-refractivity contribution in [2.24, 2.45) is 0 Å². The monoisotopic (exact) mass is 304 g/mol. The number of thiophene rings is 1. The van der Waals surface area contributed by atoms with Gasteiger partial charge in [0, 0.05) is 20.1 Å². The second kappa shape index (κ2) is 5.60. The number of nitrogens with zero attached hydrogens (tertiary/aromatic N) is 3. The maximum atomic E-state index is 12.3. The first-order valence-corrected chi connectivity index (χ1v) is 8.12. The Labute approximate surface area is 128 Å². The molecule has 6 heteroatoms. The summed E-state index contributed by atoms with van der Waals surface area (Å²) < 4.78 is 0. The fourth-order valence-corrected chi connectivity index (χ4v) is 4.02. The minimum absolute atomic E-state index is 0.0299. The third-order valence-electron chi connectivity index (χ3n) is 4.02. The van der Waals surface area contributed by atoms with Crippen molar-refractivity contribution in [1.82, 2.24) is 14.9 Å². The van der Waals surface area contributed by atoms with Crippen LogP contribution in [-0.2, 0) is 0 Å². The Morgan fingerprint density at radius 3 is 2.71 bits per heavy atom. The average Bonchev–Trinajstić information content (AvgIpc) is 3.07. The molecule has 0 radical (unpaired) electrons. The Morgan fingerprint density at radius 1 is 1.33 bits per heavy atom. The molecule has 1 amide bonds. The van der Waals surface area contributed by atoms with E-state index in [1.54, 1.807) is 25.3 Å². The second-order valence-electron chi connectivity index (χ2n) is 5.78. The molecule has 0 saturated heterocycles. The molecule has 1 N–H and O–H groups in total. The molecule has 1 aliphatic rings. The van der Waals surface area contributed by atoms with Gasteiger partial charge in [0.25, 0.3) is 5.91 Å². The van der Waals surface area contributed by atoms with Gasteiger partial charge in [-0.25, -0.2) is 9.97 Å². The maximum Gasteiger partial charge on any atom is 0.263 e. The second-order valence-corrected chi connectivity index (χ2v) is 6.78. The Balaban J connectivity index is 2.03. The lowest BCUT2D eigenvalue weighted by Gasteiger charge is -2.13. The van der Waals surface area contributed by atoms with Gasteiger partial charge < -0.3 is 10.2 Å². The molecule has 1 aliphatic carbocycles. The lowest BCUT2D eigenvalue weighted by Crippen LogP contribution is -2.21. The molecule has 1 saturated carbocycles. The number of hydrogen-bond acceptors (Lipinski definition) is 5. The Morgan fingerprint density at radius 2 is 2.05 bits per heavy atom. The predicted octanol–water partition coefficient (Wildman–Crippen LogP) is 3.06. The van der Waals surface area contributed by atoms with Crippen LogP contribution >= 0.6 is 11.3 Å². The number of aryl methyl sites for hydroxylation is 1. The van der Waals surface area contributed by atoms with Crippen LogP contribution in [-0.4, -0.2) is 40.9 Å². The lowest BCUT2D eigenvalue weighted by molar-refractivity contribution is 0.0831. The summed E-state index contributed by atoms with van der Waals surface area (Å²) in [5, 5.41) is 4.54. The van der Waals surface area contributed by atoms with E-state index >= 15 is 0 Å². The first-order valence-electron chi connectivity index (χ1n) is 7.30. The number of aromatic nitrogens is 2. The number of carbonyl (C=O) groups is 1. The Hall–Kier alpha value is -1.69. The van der Waals surface area contributed by atoms with E-state index in [-0.39, 0.29) is 5.91 Å². The van der Waals surface area contributed by atoms with Gasteiger partial charge in [-0.2, -0.15) is 0 Å². The van der Waals surface area contributed by atoms with Crippen LogP contribution in [0.1, 0.15) is 40.9 Å². The molecule has 112 valence electrons. The van der Waals surface area contributed by atoms with Crippen molar-refractivity contribution in [1.29, 1.82) is 0 Å². The topological polar surface area (TPSA) is 58.1 Å². The third-order valence-corrected chi connectivity index (χ3v) is 5.21. The van der Waals surface area contributed by atoms with E-state index in [2.05, 4.69) is 15.3 Å². The minimum atomic E-state index is 0.0299. The number of anilines is 1. The van der Waals surface area contributed by atoms with Gasteiger partial charge in [-0.1, -0.05) is 12.8 Å².